The van der Waals surface area contributed by atoms with Crippen LogP contribution in [0.2, 0.25) is 5.02 Å². The van der Waals surface area contributed by atoms with Gasteiger partial charge in [-0.3, -0.25) is 4.79 Å². The van der Waals surface area contributed by atoms with Crippen molar-refractivity contribution in [2.75, 3.05) is 19.3 Å². The van der Waals surface area contributed by atoms with Crippen LogP contribution in [0.25, 0.3) is 0 Å². The lowest BCUT2D eigenvalue weighted by Crippen LogP contribution is -2.45. The fraction of sp³-hybridized carbons (Fsp3) is 0.222. The van der Waals surface area contributed by atoms with E-state index in [1.165, 1.54) is 29.2 Å². The Morgan fingerprint density at radius 3 is 2.27 bits per heavy atom. The summed E-state index contributed by atoms with van der Waals surface area (Å²) in [5, 5.41) is 0.626. The van der Waals surface area contributed by atoms with Crippen molar-refractivity contribution in [1.29, 1.82) is 0 Å². The number of nitrogens with zero attached hydrogens (tertiary/aromatic N) is 2. The van der Waals surface area contributed by atoms with Crippen LogP contribution < -0.4 is 0 Å². The summed E-state index contributed by atoms with van der Waals surface area (Å²) in [4.78, 5) is 15.9. The zero-order valence-electron chi connectivity index (χ0n) is 20.0. The van der Waals surface area contributed by atoms with Crippen molar-refractivity contribution < 1.29 is 26.5 Å². The van der Waals surface area contributed by atoms with Crippen molar-refractivity contribution >= 4 is 27.5 Å². The Labute approximate surface area is 220 Å². The molecule has 0 aliphatic carbocycles. The number of hydrogen-bond acceptors (Lipinski definition) is 7. The molecule has 7 nitrogen and oxygen atoms in total. The van der Waals surface area contributed by atoms with Gasteiger partial charge in [0.05, 0.1) is 26.0 Å². The van der Waals surface area contributed by atoms with Crippen LogP contribution in [0, 0.1) is 5.82 Å². The van der Waals surface area contributed by atoms with Crippen LogP contribution >= 0.6 is 11.6 Å². The minimum atomic E-state index is -3.88. The molecule has 0 saturated carbocycles. The van der Waals surface area contributed by atoms with Gasteiger partial charge in [-0.2, -0.15) is 8.42 Å². The first-order valence-electron chi connectivity index (χ1n) is 11.5. The first-order valence-corrected chi connectivity index (χ1v) is 13.7. The summed E-state index contributed by atoms with van der Waals surface area (Å²) in [5.41, 5.74) is 2.13. The Hall–Kier alpha value is -3.24. The van der Waals surface area contributed by atoms with E-state index in [0.29, 0.717) is 17.2 Å². The van der Waals surface area contributed by atoms with Gasteiger partial charge in [-0.05, 0) is 47.5 Å². The molecular formula is C27H26ClFN2O5S. The fourth-order valence-corrected chi connectivity index (χ4v) is 4.50. The number of ketones is 1. The highest BCUT2D eigenvalue weighted by atomic mass is 35.5. The van der Waals surface area contributed by atoms with Gasteiger partial charge < -0.3 is 14.5 Å². The van der Waals surface area contributed by atoms with Gasteiger partial charge in [0.1, 0.15) is 11.9 Å². The van der Waals surface area contributed by atoms with Crippen LogP contribution in [0.15, 0.2) is 91.3 Å². The molecule has 3 aromatic carbocycles. The lowest BCUT2D eigenvalue weighted by Gasteiger charge is -2.33. The van der Waals surface area contributed by atoms with Crippen molar-refractivity contribution in [1.82, 2.24) is 9.80 Å². The van der Waals surface area contributed by atoms with Gasteiger partial charge in [-0.15, -0.1) is 0 Å². The zero-order chi connectivity index (χ0) is 26.4. The molecule has 10 heteroatoms. The molecule has 0 aromatic heterocycles. The van der Waals surface area contributed by atoms with Gasteiger partial charge in [0, 0.05) is 23.0 Å². The molecule has 2 unspecified atom stereocenters. The predicted molar refractivity (Wildman–Crippen MR) is 138 cm³/mol. The monoisotopic (exact) mass is 544 g/mol. The van der Waals surface area contributed by atoms with Crippen molar-refractivity contribution in [3.63, 3.8) is 0 Å². The second-order valence-electron chi connectivity index (χ2n) is 8.56. The lowest BCUT2D eigenvalue weighted by molar-refractivity contribution is -0.0522. The summed E-state index contributed by atoms with van der Waals surface area (Å²) in [7, 11) is -3.88. The molecule has 0 radical (unpaired) electrons. The largest absolute Gasteiger partial charge is 0.367 e. The molecule has 1 heterocycles. The van der Waals surface area contributed by atoms with Crippen molar-refractivity contribution in [2.24, 2.45) is 0 Å². The maximum atomic E-state index is 13.3. The van der Waals surface area contributed by atoms with Gasteiger partial charge in [0.15, 0.2) is 5.78 Å². The van der Waals surface area contributed by atoms with E-state index in [9.17, 15) is 17.6 Å². The molecule has 37 heavy (non-hydrogen) atoms. The lowest BCUT2D eigenvalue weighted by atomic mass is 10.1. The van der Waals surface area contributed by atoms with Crippen LogP contribution in [0.3, 0.4) is 0 Å². The first kappa shape index (κ1) is 26.8. The second-order valence-corrected chi connectivity index (χ2v) is 10.6. The summed E-state index contributed by atoms with van der Waals surface area (Å²) in [5.74, 6) is -0.764. The molecule has 1 aliphatic heterocycles. The van der Waals surface area contributed by atoms with Crippen LogP contribution in [-0.4, -0.2) is 49.7 Å². The molecule has 0 N–H and O–H groups in total. The highest BCUT2D eigenvalue weighted by Crippen LogP contribution is 2.27. The number of halogens is 2. The average Bonchev–Trinajstić information content (AvgIpc) is 3.22. The minimum Gasteiger partial charge on any atom is -0.367 e. The summed E-state index contributed by atoms with van der Waals surface area (Å²) in [6.45, 7) is 0.384. The van der Waals surface area contributed by atoms with Crippen molar-refractivity contribution in [2.45, 2.75) is 19.1 Å². The Balaban J connectivity index is 1.52. The van der Waals surface area contributed by atoms with Gasteiger partial charge in [0.2, 0.25) is 6.35 Å². The highest BCUT2D eigenvalue weighted by molar-refractivity contribution is 7.86. The SMILES string of the molecule is CS(=O)(=O)OC1N(CC(=O)c2ccc(F)cc2)C=CN1CC(OCc1ccc(Cl)cc1)c1ccccc1. The van der Waals surface area contributed by atoms with Crippen LogP contribution in [0.1, 0.15) is 27.6 Å². The molecule has 3 aromatic rings. The summed E-state index contributed by atoms with van der Waals surface area (Å²) in [6.07, 6.45) is 2.67. The van der Waals surface area contributed by atoms with E-state index < -0.39 is 28.4 Å². The van der Waals surface area contributed by atoms with E-state index in [1.54, 1.807) is 29.4 Å². The maximum absolute atomic E-state index is 13.3. The van der Waals surface area contributed by atoms with Crippen LogP contribution in [0.4, 0.5) is 4.39 Å². The second kappa shape index (κ2) is 11.9. The van der Waals surface area contributed by atoms with E-state index >= 15 is 0 Å². The Morgan fingerprint density at radius 2 is 1.62 bits per heavy atom. The van der Waals surface area contributed by atoms with E-state index in [2.05, 4.69) is 0 Å². The van der Waals surface area contributed by atoms with Gasteiger partial charge in [0.25, 0.3) is 10.1 Å². The van der Waals surface area contributed by atoms with Crippen LogP contribution in [-0.2, 0) is 25.6 Å². The molecule has 0 saturated heterocycles. The number of hydrogen-bond donors (Lipinski definition) is 0. The van der Waals surface area contributed by atoms with Crippen molar-refractivity contribution in [3.8, 4) is 0 Å². The topological polar surface area (TPSA) is 76.2 Å². The first-order chi connectivity index (χ1) is 17.7. The average molecular weight is 545 g/mol. The third-order valence-electron chi connectivity index (χ3n) is 5.68. The number of carbonyl (C=O) groups excluding carboxylic acids is 1. The normalized spacial score (nSPS) is 16.2. The van der Waals surface area contributed by atoms with Crippen LogP contribution in [0.5, 0.6) is 0 Å². The molecule has 0 fully saturated rings. The molecule has 0 spiro atoms. The Bertz CT molecular complexity index is 1340. The van der Waals surface area contributed by atoms with E-state index in [-0.39, 0.29) is 18.9 Å². The molecule has 0 bridgehead atoms. The van der Waals surface area contributed by atoms with Gasteiger partial charge >= 0.3 is 0 Å². The summed E-state index contributed by atoms with van der Waals surface area (Å²) >= 11 is 5.98. The minimum absolute atomic E-state index is 0.166. The quantitative estimate of drug-likeness (QED) is 0.249. The van der Waals surface area contributed by atoms with E-state index in [4.69, 9.17) is 20.5 Å². The summed E-state index contributed by atoms with van der Waals surface area (Å²) < 4.78 is 49.1. The number of carbonyl (C=O) groups is 1. The van der Waals surface area contributed by atoms with Gasteiger partial charge in [-0.1, -0.05) is 54.1 Å². The van der Waals surface area contributed by atoms with E-state index in [1.807, 2.05) is 42.5 Å². The number of benzene rings is 3. The number of Topliss-reactive ketones (excluding diaryl/α,β-unsaturated/α-hetero) is 1. The number of rotatable bonds is 11. The fourth-order valence-electron chi connectivity index (χ4n) is 3.84. The predicted octanol–water partition coefficient (Wildman–Crippen LogP) is 4.97. The molecule has 4 rings (SSSR count). The Morgan fingerprint density at radius 1 is 0.973 bits per heavy atom. The third kappa shape index (κ3) is 7.62. The zero-order valence-corrected chi connectivity index (χ0v) is 21.6. The molecular weight excluding hydrogens is 519 g/mol. The van der Waals surface area contributed by atoms with Crippen molar-refractivity contribution in [3.05, 3.63) is 119 Å². The molecule has 1 aliphatic rings. The maximum Gasteiger partial charge on any atom is 0.267 e. The van der Waals surface area contributed by atoms with Gasteiger partial charge in [-0.25, -0.2) is 8.57 Å². The smallest absolute Gasteiger partial charge is 0.267 e. The summed E-state index contributed by atoms with van der Waals surface area (Å²) in [6, 6.07) is 22.0. The van der Waals surface area contributed by atoms with E-state index in [0.717, 1.165) is 17.4 Å². The highest BCUT2D eigenvalue weighted by Gasteiger charge is 2.33. The third-order valence-corrected chi connectivity index (χ3v) is 6.46. The molecule has 194 valence electrons. The Kier molecular flexibility index (Phi) is 8.60. The molecule has 2 atom stereocenters. The number of ether oxygens (including phenoxy) is 1. The molecule has 0 amide bonds. The standard InChI is InChI=1S/C27H26ClFN2O5S/c1-37(33,34)36-27-30(17-25(32)21-9-13-24(29)14-10-21)15-16-31(27)18-26(22-5-3-2-4-6-22)35-19-20-7-11-23(28)12-8-20/h2-16,26-27H,17-19H2,1H3.